The Morgan fingerprint density at radius 1 is 1.17 bits per heavy atom. The Kier molecular flexibility index (Phi) is 6.17. The molecule has 3 aromatic rings. The Bertz CT molecular complexity index is 1040. The number of hydrogen-bond acceptors (Lipinski definition) is 2. The van der Waals surface area contributed by atoms with Crippen LogP contribution in [0.2, 0.25) is 5.02 Å². The Morgan fingerprint density at radius 3 is 2.41 bits per heavy atom. The van der Waals surface area contributed by atoms with Gasteiger partial charge >= 0.3 is 0 Å². The molecule has 0 atom stereocenters. The van der Waals surface area contributed by atoms with Gasteiger partial charge in [0.15, 0.2) is 0 Å². The molecule has 0 saturated heterocycles. The fourth-order valence-electron chi connectivity index (χ4n) is 3.35. The van der Waals surface area contributed by atoms with Crippen molar-refractivity contribution in [2.45, 2.75) is 33.9 Å². The molecule has 1 aromatic heterocycles. The molecule has 0 aliphatic carbocycles. The summed E-state index contributed by atoms with van der Waals surface area (Å²) >= 11 is 6.09. The van der Waals surface area contributed by atoms with Crippen LogP contribution in [0, 0.1) is 23.4 Å². The highest BCUT2D eigenvalue weighted by Gasteiger charge is 2.26. The number of carbonyl (C=O) groups is 1. The minimum Gasteiger partial charge on any atom is -0.331 e. The standard InChI is InChI=1S/C21H21ClF3N3O/c1-4-28-18-7-13(22)5-6-17(18)26-19(28)11-27(10-12(2)3)21(29)20-15(24)8-14(23)9-16(20)25/h5-9,12H,4,10-11H2,1-3H3. The average molecular weight is 424 g/mol. The normalized spacial score (nSPS) is 11.4. The van der Waals surface area contributed by atoms with Crippen molar-refractivity contribution >= 4 is 28.5 Å². The predicted octanol–water partition coefficient (Wildman–Crippen LogP) is 5.43. The van der Waals surface area contributed by atoms with Gasteiger partial charge in [0.1, 0.15) is 28.8 Å². The summed E-state index contributed by atoms with van der Waals surface area (Å²) in [5.74, 6) is -3.76. The number of aromatic nitrogens is 2. The summed E-state index contributed by atoms with van der Waals surface area (Å²) in [4.78, 5) is 18.9. The number of rotatable bonds is 6. The largest absolute Gasteiger partial charge is 0.331 e. The third-order valence-electron chi connectivity index (χ3n) is 4.53. The molecule has 154 valence electrons. The Labute approximate surface area is 171 Å². The maximum Gasteiger partial charge on any atom is 0.260 e. The fraction of sp³-hybridized carbons (Fsp3) is 0.333. The topological polar surface area (TPSA) is 38.1 Å². The van der Waals surface area contributed by atoms with Gasteiger partial charge in [-0.15, -0.1) is 0 Å². The van der Waals surface area contributed by atoms with Crippen molar-refractivity contribution in [3.63, 3.8) is 0 Å². The monoisotopic (exact) mass is 423 g/mol. The van der Waals surface area contributed by atoms with Crippen molar-refractivity contribution in [1.82, 2.24) is 14.5 Å². The van der Waals surface area contributed by atoms with Crippen LogP contribution in [0.15, 0.2) is 30.3 Å². The van der Waals surface area contributed by atoms with Crippen LogP contribution in [0.5, 0.6) is 0 Å². The molecule has 0 unspecified atom stereocenters. The van der Waals surface area contributed by atoms with Gasteiger partial charge in [0, 0.05) is 30.2 Å². The van der Waals surface area contributed by atoms with Crippen molar-refractivity contribution in [3.8, 4) is 0 Å². The van der Waals surface area contributed by atoms with Gasteiger partial charge in [-0.25, -0.2) is 18.2 Å². The molecule has 2 aromatic carbocycles. The first kappa shape index (κ1) is 21.2. The van der Waals surface area contributed by atoms with Crippen molar-refractivity contribution < 1.29 is 18.0 Å². The lowest BCUT2D eigenvalue weighted by Gasteiger charge is -2.25. The number of fused-ring (bicyclic) bond motifs is 1. The van der Waals surface area contributed by atoms with Gasteiger partial charge in [0.05, 0.1) is 17.6 Å². The SMILES string of the molecule is CCn1c(CN(CC(C)C)C(=O)c2c(F)cc(F)cc2F)nc2ccc(Cl)cc21. The van der Waals surface area contributed by atoms with Gasteiger partial charge < -0.3 is 9.47 Å². The summed E-state index contributed by atoms with van der Waals surface area (Å²) in [7, 11) is 0. The van der Waals surface area contributed by atoms with Crippen LogP contribution in [0.3, 0.4) is 0 Å². The molecular formula is C21H21ClF3N3O. The Balaban J connectivity index is 2.03. The Hall–Kier alpha value is -2.54. The molecule has 0 bridgehead atoms. The van der Waals surface area contributed by atoms with Crippen LogP contribution < -0.4 is 0 Å². The highest BCUT2D eigenvalue weighted by Crippen LogP contribution is 2.23. The second-order valence-electron chi connectivity index (χ2n) is 7.23. The Morgan fingerprint density at radius 2 is 1.83 bits per heavy atom. The smallest absolute Gasteiger partial charge is 0.260 e. The van der Waals surface area contributed by atoms with Crippen LogP contribution in [0.25, 0.3) is 11.0 Å². The zero-order chi connectivity index (χ0) is 21.3. The molecule has 1 amide bonds. The average Bonchev–Trinajstić information content (AvgIpc) is 2.96. The van der Waals surface area contributed by atoms with Crippen LogP contribution >= 0.6 is 11.6 Å². The van der Waals surface area contributed by atoms with Crippen molar-refractivity contribution in [2.24, 2.45) is 5.92 Å². The molecule has 0 N–H and O–H groups in total. The highest BCUT2D eigenvalue weighted by molar-refractivity contribution is 6.31. The van der Waals surface area contributed by atoms with E-state index in [2.05, 4.69) is 4.98 Å². The first-order valence-corrected chi connectivity index (χ1v) is 9.67. The van der Waals surface area contributed by atoms with Crippen molar-refractivity contribution in [2.75, 3.05) is 6.54 Å². The summed E-state index contributed by atoms with van der Waals surface area (Å²) in [6.07, 6.45) is 0. The number of hydrogen-bond donors (Lipinski definition) is 0. The van der Waals surface area contributed by atoms with E-state index in [9.17, 15) is 18.0 Å². The minimum absolute atomic E-state index is 0.0411. The number of imidazole rings is 1. The summed E-state index contributed by atoms with van der Waals surface area (Å²) in [6.45, 7) is 6.59. The van der Waals surface area contributed by atoms with Gasteiger partial charge in [-0.2, -0.15) is 0 Å². The lowest BCUT2D eigenvalue weighted by molar-refractivity contribution is 0.0706. The quantitative estimate of drug-likeness (QED) is 0.530. The van der Waals surface area contributed by atoms with E-state index in [1.807, 2.05) is 25.3 Å². The first-order valence-electron chi connectivity index (χ1n) is 9.29. The summed E-state index contributed by atoms with van der Waals surface area (Å²) < 4.78 is 43.5. The second kappa shape index (κ2) is 8.45. The molecule has 8 heteroatoms. The molecule has 0 radical (unpaired) electrons. The van der Waals surface area contributed by atoms with E-state index in [1.165, 1.54) is 4.90 Å². The number of benzene rings is 2. The summed E-state index contributed by atoms with van der Waals surface area (Å²) in [5.41, 5.74) is 0.752. The third kappa shape index (κ3) is 4.40. The molecule has 4 nitrogen and oxygen atoms in total. The number of aryl methyl sites for hydroxylation is 1. The van der Waals surface area contributed by atoms with Crippen LogP contribution in [-0.4, -0.2) is 26.9 Å². The molecule has 0 aliphatic rings. The maximum absolute atomic E-state index is 14.2. The lowest BCUT2D eigenvalue weighted by atomic mass is 10.1. The molecule has 0 spiro atoms. The van der Waals surface area contributed by atoms with Gasteiger partial charge in [0.2, 0.25) is 0 Å². The summed E-state index contributed by atoms with van der Waals surface area (Å²) in [6, 6.07) is 6.30. The van der Waals surface area contributed by atoms with E-state index in [1.54, 1.807) is 18.2 Å². The zero-order valence-corrected chi connectivity index (χ0v) is 17.1. The fourth-order valence-corrected chi connectivity index (χ4v) is 3.52. The lowest BCUT2D eigenvalue weighted by Crippen LogP contribution is -2.36. The van der Waals surface area contributed by atoms with Crippen molar-refractivity contribution in [1.29, 1.82) is 0 Å². The maximum atomic E-state index is 14.2. The van der Waals surface area contributed by atoms with Gasteiger partial charge in [0.25, 0.3) is 5.91 Å². The molecule has 0 fully saturated rings. The molecular weight excluding hydrogens is 403 g/mol. The number of carbonyl (C=O) groups excluding carboxylic acids is 1. The summed E-state index contributed by atoms with van der Waals surface area (Å²) in [5, 5.41) is 0.559. The molecule has 0 aliphatic heterocycles. The molecule has 1 heterocycles. The predicted molar refractivity (Wildman–Crippen MR) is 106 cm³/mol. The third-order valence-corrected chi connectivity index (χ3v) is 4.77. The van der Waals surface area contributed by atoms with Crippen molar-refractivity contribution in [3.05, 3.63) is 64.2 Å². The van der Waals surface area contributed by atoms with Gasteiger partial charge in [-0.1, -0.05) is 25.4 Å². The number of amides is 1. The zero-order valence-electron chi connectivity index (χ0n) is 16.3. The molecule has 0 saturated carbocycles. The first-order chi connectivity index (χ1) is 13.7. The number of nitrogens with zero attached hydrogens (tertiary/aromatic N) is 3. The van der Waals surface area contributed by atoms with Crippen LogP contribution in [0.1, 0.15) is 37.0 Å². The van der Waals surface area contributed by atoms with Crippen LogP contribution in [-0.2, 0) is 13.1 Å². The van der Waals surface area contributed by atoms with Gasteiger partial charge in [-0.05, 0) is 31.0 Å². The van der Waals surface area contributed by atoms with E-state index in [-0.39, 0.29) is 19.0 Å². The van der Waals surface area contributed by atoms with E-state index in [0.717, 1.165) is 5.52 Å². The van der Waals surface area contributed by atoms with E-state index >= 15 is 0 Å². The van der Waals surface area contributed by atoms with E-state index in [4.69, 9.17) is 11.6 Å². The van der Waals surface area contributed by atoms with E-state index < -0.39 is 28.9 Å². The molecule has 3 rings (SSSR count). The van der Waals surface area contributed by atoms with E-state index in [0.29, 0.717) is 35.0 Å². The minimum atomic E-state index is -1.22. The second-order valence-corrected chi connectivity index (χ2v) is 7.67. The number of halogens is 4. The highest BCUT2D eigenvalue weighted by atomic mass is 35.5. The van der Waals surface area contributed by atoms with Crippen LogP contribution in [0.4, 0.5) is 13.2 Å². The molecule has 29 heavy (non-hydrogen) atoms. The van der Waals surface area contributed by atoms with Gasteiger partial charge in [-0.3, -0.25) is 4.79 Å².